The highest BCUT2D eigenvalue weighted by atomic mass is 35.5. The highest BCUT2D eigenvalue weighted by Crippen LogP contribution is 2.37. The average Bonchev–Trinajstić information content (AvgIpc) is 3.64. The molecule has 0 unspecified atom stereocenters. The lowest BCUT2D eigenvalue weighted by molar-refractivity contribution is 0.275. The number of halogens is 1. The molecule has 2 aromatic heterocycles. The molecule has 2 saturated heterocycles. The predicted octanol–water partition coefficient (Wildman–Crippen LogP) is 5.16. The van der Waals surface area contributed by atoms with Gasteiger partial charge in [-0.3, -0.25) is 9.80 Å². The van der Waals surface area contributed by atoms with E-state index in [1.807, 2.05) is 30.3 Å². The summed E-state index contributed by atoms with van der Waals surface area (Å²) in [5.41, 5.74) is 5.96. The Bertz CT molecular complexity index is 1570. The van der Waals surface area contributed by atoms with Crippen molar-refractivity contribution in [1.82, 2.24) is 19.8 Å². The van der Waals surface area contributed by atoms with E-state index in [2.05, 4.69) is 27.2 Å². The summed E-state index contributed by atoms with van der Waals surface area (Å²) in [6, 6.07) is 13.6. The molecule has 0 atom stereocenters. The first-order valence-electron chi connectivity index (χ1n) is 13.9. The van der Waals surface area contributed by atoms with Gasteiger partial charge in [0.25, 0.3) is 0 Å². The van der Waals surface area contributed by atoms with Gasteiger partial charge in [-0.2, -0.15) is 0 Å². The third-order valence-electron chi connectivity index (χ3n) is 7.49. The molecule has 0 amide bonds. The molecule has 42 heavy (non-hydrogen) atoms. The van der Waals surface area contributed by atoms with Crippen LogP contribution in [0.4, 0.5) is 11.4 Å². The summed E-state index contributed by atoms with van der Waals surface area (Å²) in [5, 5.41) is 16.5. The van der Waals surface area contributed by atoms with Gasteiger partial charge in [-0.25, -0.2) is 14.5 Å². The fourth-order valence-electron chi connectivity index (χ4n) is 5.60. The number of fused-ring (bicyclic) bond motifs is 2. The van der Waals surface area contributed by atoms with Crippen LogP contribution in [0.3, 0.4) is 0 Å². The first-order valence-corrected chi connectivity index (χ1v) is 15.8. The number of pyridine rings is 2. The zero-order valence-electron chi connectivity index (χ0n) is 23.3. The molecule has 224 valence electrons. The maximum atomic E-state index is 11.3. The zero-order valence-corrected chi connectivity index (χ0v) is 25.0. The van der Waals surface area contributed by atoms with E-state index in [0.29, 0.717) is 16.7 Å². The molecule has 2 fully saturated rings. The highest BCUT2D eigenvalue weighted by Gasteiger charge is 2.21. The standard InChI is InChI=1S/C29H32ClN5O2.H3O4P/c1-37-26-9-8-24-28(33-26)27(23-7-6-21(30)16-25(23)32-24)31-22-14-19(17-34-10-2-3-11-34)29(36)20(15-22)18-35-12-4-5-13-35;1-5(2,3)4/h6-9,14-16,36H,2-5,10-13,17-18H2,1H3,(H,31,32);(H3,1,2,3,4). The number of ether oxygens (including phenoxy) is 1. The maximum absolute atomic E-state index is 11.3. The number of aromatic hydroxyl groups is 1. The number of aromatic nitrogens is 2. The first-order chi connectivity index (χ1) is 20.1. The maximum Gasteiger partial charge on any atom is 0.466 e. The minimum Gasteiger partial charge on any atom is -0.507 e. The Hall–Kier alpha value is -3.02. The molecule has 2 aliphatic rings. The van der Waals surface area contributed by atoms with Gasteiger partial charge < -0.3 is 29.8 Å². The van der Waals surface area contributed by atoms with Crippen molar-refractivity contribution in [2.75, 3.05) is 38.6 Å². The summed E-state index contributed by atoms with van der Waals surface area (Å²) in [6.07, 6.45) is 4.85. The van der Waals surface area contributed by atoms with Gasteiger partial charge in [0.15, 0.2) is 0 Å². The SMILES string of the molecule is COc1ccc2nc3cc(Cl)ccc3c(Nc3cc(CN4CCCC4)c(O)c(CN4CCCC4)c3)c2n1.O=P(O)(O)O. The van der Waals surface area contributed by atoms with E-state index in [1.165, 1.54) is 25.7 Å². The number of nitrogens with zero attached hydrogens (tertiary/aromatic N) is 4. The number of nitrogens with one attached hydrogen (secondary N) is 1. The number of rotatable bonds is 7. The van der Waals surface area contributed by atoms with E-state index in [9.17, 15) is 5.11 Å². The number of hydrogen-bond donors (Lipinski definition) is 5. The van der Waals surface area contributed by atoms with Crippen LogP contribution in [0.5, 0.6) is 11.6 Å². The fraction of sp³-hybridized carbons (Fsp3) is 0.379. The van der Waals surface area contributed by atoms with Crippen molar-refractivity contribution >= 4 is 52.7 Å². The van der Waals surface area contributed by atoms with Crippen LogP contribution in [-0.4, -0.2) is 72.8 Å². The molecule has 0 bridgehead atoms. The molecule has 0 spiro atoms. The molecular formula is C29H35ClN5O6P. The van der Waals surface area contributed by atoms with Crippen LogP contribution in [0.15, 0.2) is 42.5 Å². The Morgan fingerprint density at radius 2 is 1.45 bits per heavy atom. The molecule has 5 N–H and O–H groups in total. The zero-order chi connectivity index (χ0) is 29.9. The Labute approximate surface area is 249 Å². The molecule has 2 aromatic carbocycles. The number of benzene rings is 2. The largest absolute Gasteiger partial charge is 0.507 e. The van der Waals surface area contributed by atoms with Gasteiger partial charge >= 0.3 is 7.82 Å². The number of hydrogen-bond acceptors (Lipinski definition) is 8. The summed E-state index contributed by atoms with van der Waals surface area (Å²) in [7, 11) is -3.02. The lowest BCUT2D eigenvalue weighted by atomic mass is 10.0. The molecule has 4 aromatic rings. The van der Waals surface area contributed by atoms with Gasteiger partial charge in [-0.1, -0.05) is 11.6 Å². The van der Waals surface area contributed by atoms with Crippen LogP contribution in [0.25, 0.3) is 21.9 Å². The lowest BCUT2D eigenvalue weighted by Crippen LogP contribution is -2.20. The van der Waals surface area contributed by atoms with Gasteiger partial charge in [0, 0.05) is 46.4 Å². The molecule has 13 heteroatoms. The van der Waals surface area contributed by atoms with Gasteiger partial charge in [-0.05, 0) is 88.3 Å². The van der Waals surface area contributed by atoms with Crippen molar-refractivity contribution in [3.63, 3.8) is 0 Å². The van der Waals surface area contributed by atoms with Crippen LogP contribution in [0, 0.1) is 0 Å². The molecule has 6 rings (SSSR count). The Kier molecular flexibility index (Phi) is 9.49. The number of phosphoric acid groups is 1. The second-order valence-electron chi connectivity index (χ2n) is 10.6. The summed E-state index contributed by atoms with van der Waals surface area (Å²) in [4.78, 5) is 36.0. The van der Waals surface area contributed by atoms with Crippen molar-refractivity contribution in [1.29, 1.82) is 0 Å². The van der Waals surface area contributed by atoms with Gasteiger partial charge in [0.05, 0.1) is 23.8 Å². The van der Waals surface area contributed by atoms with Crippen LogP contribution >= 0.6 is 19.4 Å². The summed E-state index contributed by atoms with van der Waals surface area (Å²) in [5.74, 6) is 0.946. The lowest BCUT2D eigenvalue weighted by Gasteiger charge is -2.22. The normalized spacial score (nSPS) is 16.1. The highest BCUT2D eigenvalue weighted by molar-refractivity contribution is 7.45. The summed E-state index contributed by atoms with van der Waals surface area (Å²) >= 11 is 6.32. The number of phenols is 1. The summed E-state index contributed by atoms with van der Waals surface area (Å²) in [6.45, 7) is 5.78. The summed E-state index contributed by atoms with van der Waals surface area (Å²) < 4.78 is 14.3. The van der Waals surface area contributed by atoms with Crippen molar-refractivity contribution < 1.29 is 29.1 Å². The van der Waals surface area contributed by atoms with E-state index in [1.54, 1.807) is 7.11 Å². The third kappa shape index (κ3) is 7.67. The van der Waals surface area contributed by atoms with Gasteiger partial charge in [0.2, 0.25) is 5.88 Å². The number of anilines is 2. The van der Waals surface area contributed by atoms with Crippen LogP contribution in [0.2, 0.25) is 5.02 Å². The number of phenolic OH excluding ortho intramolecular Hbond substituents is 1. The van der Waals surface area contributed by atoms with Gasteiger partial charge in [0.1, 0.15) is 11.3 Å². The van der Waals surface area contributed by atoms with E-state index in [0.717, 1.165) is 83.7 Å². The van der Waals surface area contributed by atoms with Crippen molar-refractivity contribution in [2.24, 2.45) is 0 Å². The minimum atomic E-state index is -4.64. The molecule has 4 heterocycles. The smallest absolute Gasteiger partial charge is 0.466 e. The van der Waals surface area contributed by atoms with E-state index < -0.39 is 7.82 Å². The predicted molar refractivity (Wildman–Crippen MR) is 163 cm³/mol. The second-order valence-corrected chi connectivity index (χ2v) is 12.1. The first kappa shape index (κ1) is 30.4. The molecule has 0 saturated carbocycles. The topological polar surface area (TPSA) is 152 Å². The van der Waals surface area contributed by atoms with Crippen molar-refractivity contribution in [2.45, 2.75) is 38.8 Å². The fourth-order valence-corrected chi connectivity index (χ4v) is 5.76. The molecule has 0 aliphatic carbocycles. The van der Waals surface area contributed by atoms with E-state index in [-0.39, 0.29) is 0 Å². The number of methoxy groups -OCH3 is 1. The minimum absolute atomic E-state index is 0.417. The van der Waals surface area contributed by atoms with Crippen molar-refractivity contribution in [3.05, 3.63) is 58.6 Å². The third-order valence-corrected chi connectivity index (χ3v) is 7.72. The molecule has 2 aliphatic heterocycles. The Balaban J connectivity index is 0.000000652. The van der Waals surface area contributed by atoms with Crippen LogP contribution < -0.4 is 10.1 Å². The van der Waals surface area contributed by atoms with Gasteiger partial charge in [-0.15, -0.1) is 0 Å². The van der Waals surface area contributed by atoms with E-state index in [4.69, 9.17) is 45.6 Å². The number of likely N-dealkylation sites (tertiary alicyclic amines) is 2. The Morgan fingerprint density at radius 3 is 2.00 bits per heavy atom. The second kappa shape index (κ2) is 13.1. The molecule has 11 nitrogen and oxygen atoms in total. The van der Waals surface area contributed by atoms with E-state index >= 15 is 0 Å². The van der Waals surface area contributed by atoms with Crippen molar-refractivity contribution in [3.8, 4) is 11.6 Å². The van der Waals surface area contributed by atoms with Crippen LogP contribution in [-0.2, 0) is 17.7 Å². The monoisotopic (exact) mass is 615 g/mol. The van der Waals surface area contributed by atoms with Crippen LogP contribution in [0.1, 0.15) is 36.8 Å². The Morgan fingerprint density at radius 1 is 0.881 bits per heavy atom. The molecular weight excluding hydrogens is 581 g/mol. The quantitative estimate of drug-likeness (QED) is 0.107. The average molecular weight is 616 g/mol. The molecule has 0 radical (unpaired) electrons.